The number of aromatic carboxylic acids is 1. The van der Waals surface area contributed by atoms with Crippen molar-refractivity contribution in [2.24, 2.45) is 0 Å². The minimum atomic E-state index is -1.29. The van der Waals surface area contributed by atoms with E-state index in [1.165, 1.54) is 0 Å². The Labute approximate surface area is 102 Å². The number of carboxylic acid groups (broad SMARTS) is 1. The highest BCUT2D eigenvalue weighted by molar-refractivity contribution is 5.89. The van der Waals surface area contributed by atoms with E-state index in [2.05, 4.69) is 0 Å². The van der Waals surface area contributed by atoms with Crippen LogP contribution in [0.15, 0.2) is 12.1 Å². The van der Waals surface area contributed by atoms with Gasteiger partial charge in [-0.25, -0.2) is 4.79 Å². The summed E-state index contributed by atoms with van der Waals surface area (Å²) >= 11 is 0. The number of hydrogen-bond acceptors (Lipinski definition) is 4. The molecule has 4 N–H and O–H groups in total. The summed E-state index contributed by atoms with van der Waals surface area (Å²) in [6, 6.07) is 1.69. The number of halogens is 1. The monoisotopic (exact) mass is 232 g/mol. The van der Waals surface area contributed by atoms with Crippen LogP contribution in [-0.4, -0.2) is 49.4 Å². The molecule has 1 aromatic carbocycles. The van der Waals surface area contributed by atoms with Crippen molar-refractivity contribution in [3.8, 4) is 17.2 Å². The maximum atomic E-state index is 10.3. The van der Waals surface area contributed by atoms with Crippen LogP contribution in [0, 0.1) is 0 Å². The fourth-order valence-electron chi connectivity index (χ4n) is 0.728. The predicted octanol–water partition coefficient (Wildman–Crippen LogP) is 0.00720. The molecular weight excluding hydrogens is 224 g/mol. The number of rotatable bonds is 1. The zero-order chi connectivity index (χ0) is 9.30. The number of benzene rings is 1. The summed E-state index contributed by atoms with van der Waals surface area (Å²) in [4.78, 5) is 10.3. The molecular formula is C7H9ClMgO5. The van der Waals surface area contributed by atoms with Crippen molar-refractivity contribution >= 4 is 41.4 Å². The molecule has 0 saturated carbocycles. The third-order valence-corrected chi connectivity index (χ3v) is 1.32. The van der Waals surface area contributed by atoms with Crippen molar-refractivity contribution in [1.29, 1.82) is 0 Å². The molecule has 7 heteroatoms. The lowest BCUT2D eigenvalue weighted by Gasteiger charge is -2.01. The zero-order valence-electron chi connectivity index (χ0n) is 6.26. The Bertz CT molecular complexity index is 318. The Morgan fingerprint density at radius 2 is 1.43 bits per heavy atom. The molecule has 0 bridgehead atoms. The number of aromatic hydroxyl groups is 3. The molecule has 0 aromatic heterocycles. The second-order valence-electron chi connectivity index (χ2n) is 2.17. The average molecular weight is 233 g/mol. The van der Waals surface area contributed by atoms with E-state index < -0.39 is 23.2 Å². The van der Waals surface area contributed by atoms with Gasteiger partial charge in [0.1, 0.15) is 0 Å². The van der Waals surface area contributed by atoms with Crippen molar-refractivity contribution in [1.82, 2.24) is 0 Å². The predicted molar refractivity (Wildman–Crippen MR) is 54.2 cm³/mol. The van der Waals surface area contributed by atoms with E-state index in [-0.39, 0.29) is 41.0 Å². The van der Waals surface area contributed by atoms with Crippen LogP contribution in [0.25, 0.3) is 0 Å². The topological polar surface area (TPSA) is 98.0 Å². The largest absolute Gasteiger partial charge is 0.504 e. The fraction of sp³-hybridized carbons (Fsp3) is 0. The first kappa shape index (κ1) is 15.6. The molecule has 14 heavy (non-hydrogen) atoms. The third-order valence-electron chi connectivity index (χ3n) is 1.32. The molecule has 0 spiro atoms. The lowest BCUT2D eigenvalue weighted by Crippen LogP contribution is -1.95. The Morgan fingerprint density at radius 3 is 1.71 bits per heavy atom. The quantitative estimate of drug-likeness (QED) is 0.404. The first-order valence-electron chi connectivity index (χ1n) is 3.00. The summed E-state index contributed by atoms with van der Waals surface area (Å²) in [5.74, 6) is -3.33. The van der Waals surface area contributed by atoms with Crippen LogP contribution in [0.4, 0.5) is 0 Å². The molecule has 0 heterocycles. The van der Waals surface area contributed by atoms with E-state index in [0.717, 1.165) is 12.1 Å². The molecule has 1 aromatic rings. The lowest BCUT2D eigenvalue weighted by molar-refractivity contribution is 0.0696. The summed E-state index contributed by atoms with van der Waals surface area (Å²) < 4.78 is 0. The zero-order valence-corrected chi connectivity index (χ0v) is 7.08. The van der Waals surface area contributed by atoms with Crippen LogP contribution >= 0.6 is 12.4 Å². The number of phenolic OH excluding ortho intramolecular Hbond substituents is 3. The number of carboxylic acids is 1. The van der Waals surface area contributed by atoms with Gasteiger partial charge in [0.15, 0.2) is 17.2 Å². The van der Waals surface area contributed by atoms with E-state index in [0.29, 0.717) is 0 Å². The Morgan fingerprint density at radius 1 is 1.07 bits per heavy atom. The first-order valence-corrected chi connectivity index (χ1v) is 3.00. The molecule has 0 fully saturated rings. The van der Waals surface area contributed by atoms with Gasteiger partial charge in [0, 0.05) is 0 Å². The molecule has 5 nitrogen and oxygen atoms in total. The van der Waals surface area contributed by atoms with Crippen LogP contribution in [0.2, 0.25) is 0 Å². The van der Waals surface area contributed by atoms with Crippen LogP contribution in [-0.2, 0) is 0 Å². The van der Waals surface area contributed by atoms with Crippen molar-refractivity contribution in [3.63, 3.8) is 0 Å². The van der Waals surface area contributed by atoms with Gasteiger partial charge in [-0.1, -0.05) is 0 Å². The van der Waals surface area contributed by atoms with Gasteiger partial charge in [-0.2, -0.15) is 0 Å². The molecule has 0 aliphatic rings. The van der Waals surface area contributed by atoms with Gasteiger partial charge in [0.05, 0.1) is 5.56 Å². The normalized spacial score (nSPS) is 8.29. The molecule has 0 radical (unpaired) electrons. The molecule has 0 amide bonds. The van der Waals surface area contributed by atoms with Crippen LogP contribution < -0.4 is 0 Å². The molecule has 0 aliphatic heterocycles. The highest BCUT2D eigenvalue weighted by Crippen LogP contribution is 2.35. The number of phenols is 3. The molecule has 0 unspecified atom stereocenters. The van der Waals surface area contributed by atoms with Crippen LogP contribution in [0.5, 0.6) is 17.2 Å². The van der Waals surface area contributed by atoms with Crippen molar-refractivity contribution in [2.75, 3.05) is 0 Å². The Kier molecular flexibility index (Phi) is 6.45. The summed E-state index contributed by atoms with van der Waals surface area (Å²) in [5.41, 5.74) is -0.289. The maximum absolute atomic E-state index is 10.3. The lowest BCUT2D eigenvalue weighted by atomic mass is 10.2. The summed E-state index contributed by atoms with van der Waals surface area (Å²) in [6.07, 6.45) is 0. The van der Waals surface area contributed by atoms with Crippen molar-refractivity contribution < 1.29 is 25.2 Å². The first-order chi connectivity index (χ1) is 5.52. The molecule has 0 atom stereocenters. The molecule has 1 rings (SSSR count). The van der Waals surface area contributed by atoms with Gasteiger partial charge in [0.25, 0.3) is 0 Å². The molecule has 0 saturated heterocycles. The van der Waals surface area contributed by atoms with Crippen LogP contribution in [0.1, 0.15) is 10.4 Å². The van der Waals surface area contributed by atoms with E-state index in [1.54, 1.807) is 0 Å². The van der Waals surface area contributed by atoms with Gasteiger partial charge in [-0.15, -0.1) is 12.4 Å². The second kappa shape index (κ2) is 5.79. The van der Waals surface area contributed by atoms with Gasteiger partial charge in [-0.3, -0.25) is 0 Å². The second-order valence-corrected chi connectivity index (χ2v) is 2.17. The van der Waals surface area contributed by atoms with Crippen molar-refractivity contribution in [2.45, 2.75) is 0 Å². The summed E-state index contributed by atoms with van der Waals surface area (Å²) in [6.45, 7) is 0. The SMILES string of the molecule is Cl.O=C(O)c1cc(O)c(O)c(O)c1.[MgH2]. The summed E-state index contributed by atoms with van der Waals surface area (Å²) in [5, 5.41) is 35.0. The number of hydrogen-bond donors (Lipinski definition) is 4. The smallest absolute Gasteiger partial charge is 0.335 e. The van der Waals surface area contributed by atoms with Gasteiger partial charge in [-0.05, 0) is 12.1 Å². The highest BCUT2D eigenvalue weighted by Gasteiger charge is 2.11. The maximum Gasteiger partial charge on any atom is 0.335 e. The molecule has 76 valence electrons. The molecule has 0 aliphatic carbocycles. The summed E-state index contributed by atoms with van der Waals surface area (Å²) in [7, 11) is 0. The highest BCUT2D eigenvalue weighted by atomic mass is 35.5. The van der Waals surface area contributed by atoms with E-state index in [1.807, 2.05) is 0 Å². The Hall–Kier alpha value is -0.854. The third kappa shape index (κ3) is 3.13. The fourth-order valence-corrected chi connectivity index (χ4v) is 0.728. The Balaban J connectivity index is 0. The number of carbonyl (C=O) groups is 1. The van der Waals surface area contributed by atoms with E-state index in [9.17, 15) is 4.79 Å². The van der Waals surface area contributed by atoms with E-state index in [4.69, 9.17) is 20.4 Å². The minimum absolute atomic E-state index is 0. The van der Waals surface area contributed by atoms with Crippen molar-refractivity contribution in [3.05, 3.63) is 17.7 Å². The van der Waals surface area contributed by atoms with Gasteiger partial charge < -0.3 is 20.4 Å². The van der Waals surface area contributed by atoms with Gasteiger partial charge in [0.2, 0.25) is 0 Å². The van der Waals surface area contributed by atoms with E-state index >= 15 is 0 Å². The minimum Gasteiger partial charge on any atom is -0.504 e. The standard InChI is InChI=1S/C7H6O5.ClH.Mg.2H/c8-4-1-3(7(11)12)2-5(9)6(4)10;;;;/h1-2,8-10H,(H,11,12);1H;;;. The van der Waals surface area contributed by atoms with Gasteiger partial charge >= 0.3 is 29.0 Å². The van der Waals surface area contributed by atoms with Crippen LogP contribution in [0.3, 0.4) is 0 Å². The average Bonchev–Trinajstić information content (AvgIpc) is 1.99.